The highest BCUT2D eigenvalue weighted by Gasteiger charge is 2.32. The Morgan fingerprint density at radius 3 is 2.58 bits per heavy atom. The number of hydrogen-bond acceptors (Lipinski definition) is 3. The van der Waals surface area contributed by atoms with Gasteiger partial charge in [-0.05, 0) is 48.7 Å². The van der Waals surface area contributed by atoms with Crippen molar-refractivity contribution in [3.8, 4) is 5.75 Å². The molecular weight excluding hydrogens is 412 g/mol. The molecule has 1 heterocycles. The molecule has 0 spiro atoms. The zero-order valence-corrected chi connectivity index (χ0v) is 18.2. The van der Waals surface area contributed by atoms with Gasteiger partial charge >= 0.3 is 0 Å². The Labute approximate surface area is 188 Å². The molecule has 2 aromatic carbocycles. The largest absolute Gasteiger partial charge is 0.449 e. The number of anilines is 1. The third-order valence-corrected chi connectivity index (χ3v) is 5.99. The molecule has 0 atom stereocenters. The molecule has 1 saturated carbocycles. The zero-order valence-electron chi connectivity index (χ0n) is 17.5. The van der Waals surface area contributed by atoms with Gasteiger partial charge in [-0.25, -0.2) is 0 Å². The van der Waals surface area contributed by atoms with E-state index in [1.807, 2.05) is 24.3 Å². The van der Waals surface area contributed by atoms with E-state index < -0.39 is 0 Å². The van der Waals surface area contributed by atoms with E-state index in [0.29, 0.717) is 16.5 Å². The molecule has 0 saturated heterocycles. The van der Waals surface area contributed by atoms with Crippen LogP contribution in [0, 0.1) is 0 Å². The number of nitrogens with one attached hydrogen (secondary N) is 1. The monoisotopic (exact) mass is 438 g/mol. The van der Waals surface area contributed by atoms with Gasteiger partial charge in [-0.15, -0.1) is 0 Å². The number of carbonyl (C=O) groups is 2. The molecule has 0 radical (unpaired) electrons. The summed E-state index contributed by atoms with van der Waals surface area (Å²) < 4.78 is 5.88. The highest BCUT2D eigenvalue weighted by Crippen LogP contribution is 2.35. The molecule has 6 heteroatoms. The molecule has 1 aliphatic carbocycles. The number of fused-ring (bicyclic) bond motifs is 1. The quantitative estimate of drug-likeness (QED) is 0.656. The molecule has 1 fully saturated rings. The topological polar surface area (TPSA) is 58.6 Å². The lowest BCUT2D eigenvalue weighted by atomic mass is 9.97. The van der Waals surface area contributed by atoms with Gasteiger partial charge in [0.05, 0.1) is 5.69 Å². The predicted octanol–water partition coefficient (Wildman–Crippen LogP) is 5.34. The lowest BCUT2D eigenvalue weighted by Crippen LogP contribution is -2.46. The highest BCUT2D eigenvalue weighted by atomic mass is 35.5. The molecule has 2 aliphatic rings. The summed E-state index contributed by atoms with van der Waals surface area (Å²) in [6, 6.07) is 14.7. The van der Waals surface area contributed by atoms with Crippen molar-refractivity contribution in [2.75, 3.05) is 11.4 Å². The van der Waals surface area contributed by atoms with Crippen LogP contribution in [-0.2, 0) is 9.59 Å². The molecule has 0 aromatic heterocycles. The Morgan fingerprint density at radius 2 is 1.81 bits per heavy atom. The van der Waals surface area contributed by atoms with Crippen molar-refractivity contribution in [2.24, 2.45) is 0 Å². The van der Waals surface area contributed by atoms with E-state index in [1.165, 1.54) is 24.2 Å². The molecular formula is C25H27ClN2O3. The van der Waals surface area contributed by atoms with Gasteiger partial charge in [-0.1, -0.05) is 68.0 Å². The van der Waals surface area contributed by atoms with Crippen molar-refractivity contribution in [2.45, 2.75) is 51.0 Å². The minimum absolute atomic E-state index is 0.0391. The number of carbonyl (C=O) groups excluding carboxylic acids is 2. The fourth-order valence-corrected chi connectivity index (χ4v) is 4.38. The molecule has 0 bridgehead atoms. The Hall–Kier alpha value is -2.79. The van der Waals surface area contributed by atoms with Crippen molar-refractivity contribution in [3.05, 3.63) is 64.9 Å². The summed E-state index contributed by atoms with van der Waals surface area (Å²) in [5.74, 6) is 0.234. The van der Waals surface area contributed by atoms with Crippen LogP contribution in [0.5, 0.6) is 5.75 Å². The van der Waals surface area contributed by atoms with E-state index in [9.17, 15) is 9.59 Å². The van der Waals surface area contributed by atoms with Crippen LogP contribution in [0.3, 0.4) is 0 Å². The fourth-order valence-electron chi connectivity index (χ4n) is 4.18. The van der Waals surface area contributed by atoms with Crippen LogP contribution in [0.1, 0.15) is 50.5 Å². The maximum Gasteiger partial charge on any atom is 0.294 e. The van der Waals surface area contributed by atoms with E-state index >= 15 is 0 Å². The first-order valence-electron chi connectivity index (χ1n) is 11.0. The fraction of sp³-hybridized carbons (Fsp3) is 0.360. The van der Waals surface area contributed by atoms with Gasteiger partial charge in [-0.3, -0.25) is 14.5 Å². The van der Waals surface area contributed by atoms with E-state index in [2.05, 4.69) is 5.32 Å². The van der Waals surface area contributed by atoms with Crippen LogP contribution in [0.4, 0.5) is 5.69 Å². The highest BCUT2D eigenvalue weighted by molar-refractivity contribution is 6.30. The first-order valence-corrected chi connectivity index (χ1v) is 11.3. The molecule has 1 N–H and O–H groups in total. The second-order valence-electron chi connectivity index (χ2n) is 8.13. The van der Waals surface area contributed by atoms with Gasteiger partial charge in [-0.2, -0.15) is 0 Å². The number of ether oxygens (including phenoxy) is 1. The molecule has 2 amide bonds. The van der Waals surface area contributed by atoms with E-state index in [-0.39, 0.29) is 30.2 Å². The summed E-state index contributed by atoms with van der Waals surface area (Å²) in [6.07, 6.45) is 9.65. The number of hydrogen-bond donors (Lipinski definition) is 1. The summed E-state index contributed by atoms with van der Waals surface area (Å²) in [4.78, 5) is 27.6. The molecule has 1 aliphatic heterocycles. The third-order valence-electron chi connectivity index (χ3n) is 5.75. The van der Waals surface area contributed by atoms with E-state index in [1.54, 1.807) is 30.3 Å². The summed E-state index contributed by atoms with van der Waals surface area (Å²) in [7, 11) is 0. The minimum atomic E-state index is -0.341. The first-order chi connectivity index (χ1) is 15.1. The van der Waals surface area contributed by atoms with Crippen LogP contribution in [0.25, 0.3) is 6.08 Å². The van der Waals surface area contributed by atoms with Gasteiger partial charge in [0.25, 0.3) is 5.91 Å². The van der Waals surface area contributed by atoms with Crippen molar-refractivity contribution >= 4 is 35.2 Å². The lowest BCUT2D eigenvalue weighted by molar-refractivity contribution is -0.124. The van der Waals surface area contributed by atoms with Gasteiger partial charge in [0.15, 0.2) is 11.5 Å². The number of halogens is 1. The Kier molecular flexibility index (Phi) is 6.92. The van der Waals surface area contributed by atoms with Crippen molar-refractivity contribution in [3.63, 3.8) is 0 Å². The van der Waals surface area contributed by atoms with Crippen molar-refractivity contribution < 1.29 is 14.3 Å². The maximum absolute atomic E-state index is 13.2. The van der Waals surface area contributed by atoms with Gasteiger partial charge in [0.1, 0.15) is 6.54 Å². The van der Waals surface area contributed by atoms with Gasteiger partial charge in [0, 0.05) is 11.1 Å². The lowest BCUT2D eigenvalue weighted by Gasteiger charge is -2.31. The van der Waals surface area contributed by atoms with Crippen LogP contribution in [0.2, 0.25) is 5.02 Å². The maximum atomic E-state index is 13.2. The molecule has 5 nitrogen and oxygen atoms in total. The van der Waals surface area contributed by atoms with Crippen LogP contribution < -0.4 is 15.0 Å². The van der Waals surface area contributed by atoms with Crippen LogP contribution >= 0.6 is 11.6 Å². The number of amides is 2. The zero-order chi connectivity index (χ0) is 21.6. The standard InChI is InChI=1S/C25H27ClN2O3/c26-19-10-8-9-18(15-19)16-23-25(30)28(21-13-6-7-14-22(21)31-23)17-24(29)27-20-11-4-2-1-3-5-12-20/h6-10,13-16,20H,1-5,11-12,17H2,(H,27,29). The summed E-state index contributed by atoms with van der Waals surface area (Å²) >= 11 is 6.07. The smallest absolute Gasteiger partial charge is 0.294 e. The van der Waals surface area contributed by atoms with Crippen molar-refractivity contribution in [1.82, 2.24) is 5.32 Å². The second kappa shape index (κ2) is 10.0. The van der Waals surface area contributed by atoms with Crippen LogP contribution in [-0.4, -0.2) is 24.4 Å². The number of nitrogens with zero attached hydrogens (tertiary/aromatic N) is 1. The van der Waals surface area contributed by atoms with E-state index in [4.69, 9.17) is 16.3 Å². The molecule has 0 unspecified atom stereocenters. The van der Waals surface area contributed by atoms with Crippen molar-refractivity contribution in [1.29, 1.82) is 0 Å². The molecule has 162 valence electrons. The predicted molar refractivity (Wildman–Crippen MR) is 123 cm³/mol. The molecule has 31 heavy (non-hydrogen) atoms. The Morgan fingerprint density at radius 1 is 1.06 bits per heavy atom. The van der Waals surface area contributed by atoms with Gasteiger partial charge in [0.2, 0.25) is 5.91 Å². The summed E-state index contributed by atoms with van der Waals surface area (Å²) in [5.41, 5.74) is 1.36. The first kappa shape index (κ1) is 21.4. The van der Waals surface area contributed by atoms with Crippen LogP contribution in [0.15, 0.2) is 54.3 Å². The number of rotatable bonds is 4. The summed E-state index contributed by atoms with van der Waals surface area (Å²) in [6.45, 7) is -0.0391. The third kappa shape index (κ3) is 5.47. The number of benzene rings is 2. The average molecular weight is 439 g/mol. The Bertz CT molecular complexity index is 980. The SMILES string of the molecule is O=C(CN1C(=O)C(=Cc2cccc(Cl)c2)Oc2ccccc21)NC1CCCCCCC1. The average Bonchev–Trinajstić information content (AvgIpc) is 2.73. The molecule has 2 aromatic rings. The van der Waals surface area contributed by atoms with E-state index in [0.717, 1.165) is 31.2 Å². The number of para-hydroxylation sites is 2. The molecule has 4 rings (SSSR count). The Balaban J connectivity index is 1.53. The normalized spacial score (nSPS) is 18.7. The second-order valence-corrected chi connectivity index (χ2v) is 8.57. The summed E-state index contributed by atoms with van der Waals surface area (Å²) in [5, 5.41) is 3.72. The van der Waals surface area contributed by atoms with Gasteiger partial charge < -0.3 is 10.1 Å². The minimum Gasteiger partial charge on any atom is -0.449 e.